The summed E-state index contributed by atoms with van der Waals surface area (Å²) in [7, 11) is -2.63. The number of rotatable bonds is 6. The Labute approximate surface area is 177 Å². The van der Waals surface area contributed by atoms with Crippen molar-refractivity contribution < 1.29 is 21.9 Å². The molecule has 0 aliphatic rings. The van der Waals surface area contributed by atoms with Crippen LogP contribution in [-0.2, 0) is 10.0 Å². The summed E-state index contributed by atoms with van der Waals surface area (Å²) in [6.45, 7) is 0. The van der Waals surface area contributed by atoms with E-state index in [1.54, 1.807) is 37.4 Å². The monoisotopic (exact) mass is 441 g/mol. The summed E-state index contributed by atoms with van der Waals surface area (Å²) in [6.07, 6.45) is 0. The Morgan fingerprint density at radius 3 is 2.39 bits per heavy atom. The van der Waals surface area contributed by atoms with Gasteiger partial charge >= 0.3 is 0 Å². The van der Waals surface area contributed by atoms with Crippen LogP contribution >= 0.6 is 0 Å². The smallest absolute Gasteiger partial charge is 0.262 e. The molecule has 0 amide bonds. The van der Waals surface area contributed by atoms with Crippen LogP contribution in [0, 0.1) is 11.6 Å². The number of nitrogens with one attached hydrogen (secondary N) is 2. The van der Waals surface area contributed by atoms with Crippen molar-refractivity contribution in [2.24, 2.45) is 0 Å². The van der Waals surface area contributed by atoms with Gasteiger partial charge in [0.2, 0.25) is 0 Å². The second-order valence-electron chi connectivity index (χ2n) is 6.64. The fourth-order valence-corrected chi connectivity index (χ4v) is 4.17. The number of sulfonamides is 1. The van der Waals surface area contributed by atoms with Crippen molar-refractivity contribution >= 4 is 38.1 Å². The van der Waals surface area contributed by atoms with Crippen molar-refractivity contribution in [1.29, 1.82) is 0 Å². The summed E-state index contributed by atoms with van der Waals surface area (Å²) in [5, 5.41) is 3.69. The van der Waals surface area contributed by atoms with E-state index in [0.717, 1.165) is 17.8 Å². The Morgan fingerprint density at radius 1 is 0.903 bits per heavy atom. The molecule has 0 fully saturated rings. The number of anilines is 3. The first kappa shape index (κ1) is 20.5. The molecule has 0 aliphatic carbocycles. The van der Waals surface area contributed by atoms with Crippen LogP contribution < -0.4 is 14.8 Å². The quantitative estimate of drug-likeness (QED) is 0.437. The molecule has 0 atom stereocenters. The summed E-state index contributed by atoms with van der Waals surface area (Å²) in [5.74, 6) is -0.717. The van der Waals surface area contributed by atoms with Gasteiger partial charge in [-0.15, -0.1) is 0 Å². The van der Waals surface area contributed by atoms with Crippen molar-refractivity contribution in [3.63, 3.8) is 0 Å². The lowest BCUT2D eigenvalue weighted by Gasteiger charge is -2.12. The molecule has 1 aromatic heterocycles. The Hall–Kier alpha value is -3.72. The zero-order valence-electron chi connectivity index (χ0n) is 16.3. The molecule has 0 spiro atoms. The molecule has 0 aliphatic heterocycles. The van der Waals surface area contributed by atoms with E-state index >= 15 is 0 Å². The second kappa shape index (κ2) is 8.19. The summed E-state index contributed by atoms with van der Waals surface area (Å²) in [5.41, 5.74) is 1.54. The molecule has 0 radical (unpaired) electrons. The Bertz CT molecular complexity index is 1360. The van der Waals surface area contributed by atoms with Crippen LogP contribution in [0.15, 0.2) is 77.7 Å². The number of hydrogen-bond donors (Lipinski definition) is 2. The highest BCUT2D eigenvalue weighted by molar-refractivity contribution is 7.92. The molecule has 9 heteroatoms. The molecule has 1 heterocycles. The highest BCUT2D eigenvalue weighted by atomic mass is 32.2. The topological polar surface area (TPSA) is 80.3 Å². The average Bonchev–Trinajstić information content (AvgIpc) is 2.73. The second-order valence-corrected chi connectivity index (χ2v) is 8.32. The molecule has 0 unspecified atom stereocenters. The zero-order valence-corrected chi connectivity index (χ0v) is 17.1. The standard InChI is InChI=1S/C22H17F2N3O3S/c1-30-17-5-2-4-16(13-17)25-22-9-8-19-20(26-22)6-3-7-21(19)27-31(28,29)18-11-14(23)10-15(24)12-18/h2-13,27H,1H3,(H,25,26). The fraction of sp³-hybridized carbons (Fsp3) is 0.0455. The minimum Gasteiger partial charge on any atom is -0.497 e. The van der Waals surface area contributed by atoms with Gasteiger partial charge in [-0.1, -0.05) is 12.1 Å². The number of hydrogen-bond acceptors (Lipinski definition) is 5. The maximum absolute atomic E-state index is 13.5. The van der Waals surface area contributed by atoms with Crippen LogP contribution in [-0.4, -0.2) is 20.5 Å². The third-order valence-corrected chi connectivity index (χ3v) is 5.81. The normalized spacial score (nSPS) is 11.3. The average molecular weight is 441 g/mol. The highest BCUT2D eigenvalue weighted by Gasteiger charge is 2.18. The molecular weight excluding hydrogens is 424 g/mol. The molecule has 0 bridgehead atoms. The molecule has 0 saturated carbocycles. The van der Waals surface area contributed by atoms with Gasteiger partial charge in [0.1, 0.15) is 23.2 Å². The van der Waals surface area contributed by atoms with Gasteiger partial charge < -0.3 is 10.1 Å². The SMILES string of the molecule is COc1cccc(Nc2ccc3c(NS(=O)(=O)c4cc(F)cc(F)c4)cccc3n2)c1. The van der Waals surface area contributed by atoms with E-state index in [2.05, 4.69) is 15.0 Å². The first-order chi connectivity index (χ1) is 14.8. The number of halogens is 2. The van der Waals surface area contributed by atoms with E-state index in [9.17, 15) is 17.2 Å². The summed E-state index contributed by atoms with van der Waals surface area (Å²) < 4.78 is 59.8. The molecule has 31 heavy (non-hydrogen) atoms. The van der Waals surface area contributed by atoms with E-state index in [-0.39, 0.29) is 5.69 Å². The van der Waals surface area contributed by atoms with Gasteiger partial charge in [0.15, 0.2) is 0 Å². The Kier molecular flexibility index (Phi) is 5.43. The Morgan fingerprint density at radius 2 is 1.65 bits per heavy atom. The van der Waals surface area contributed by atoms with E-state index in [1.165, 1.54) is 0 Å². The van der Waals surface area contributed by atoms with Crippen LogP contribution in [0.1, 0.15) is 0 Å². The minimum absolute atomic E-state index is 0.239. The van der Waals surface area contributed by atoms with Crippen molar-refractivity contribution in [1.82, 2.24) is 4.98 Å². The fourth-order valence-electron chi connectivity index (χ4n) is 3.05. The number of aromatic nitrogens is 1. The van der Waals surface area contributed by atoms with Gasteiger partial charge in [-0.3, -0.25) is 4.72 Å². The molecular formula is C22H17F2N3O3S. The largest absolute Gasteiger partial charge is 0.497 e. The molecule has 158 valence electrons. The van der Waals surface area contributed by atoms with Gasteiger partial charge in [-0.25, -0.2) is 22.2 Å². The summed E-state index contributed by atoms with van der Waals surface area (Å²) >= 11 is 0. The van der Waals surface area contributed by atoms with Crippen LogP contribution in [0.4, 0.5) is 26.0 Å². The number of fused-ring (bicyclic) bond motifs is 1. The molecule has 0 saturated heterocycles. The lowest BCUT2D eigenvalue weighted by molar-refractivity contribution is 0.415. The summed E-state index contributed by atoms with van der Waals surface area (Å²) in [6, 6.07) is 17.8. The van der Waals surface area contributed by atoms with Crippen LogP contribution in [0.25, 0.3) is 10.9 Å². The molecule has 4 aromatic rings. The maximum atomic E-state index is 13.5. The Balaban J connectivity index is 1.65. The molecule has 6 nitrogen and oxygen atoms in total. The number of pyridine rings is 1. The maximum Gasteiger partial charge on any atom is 0.262 e. The van der Waals surface area contributed by atoms with Gasteiger partial charge in [-0.2, -0.15) is 0 Å². The highest BCUT2D eigenvalue weighted by Crippen LogP contribution is 2.28. The minimum atomic E-state index is -4.20. The van der Waals surface area contributed by atoms with E-state index < -0.39 is 26.6 Å². The number of ether oxygens (including phenoxy) is 1. The van der Waals surface area contributed by atoms with Crippen molar-refractivity contribution in [2.75, 3.05) is 17.1 Å². The lowest BCUT2D eigenvalue weighted by atomic mass is 10.2. The first-order valence-corrected chi connectivity index (χ1v) is 10.6. The van der Waals surface area contributed by atoms with Crippen LogP contribution in [0.5, 0.6) is 5.75 Å². The van der Waals surface area contributed by atoms with Gasteiger partial charge in [0.25, 0.3) is 10.0 Å². The third kappa shape index (κ3) is 4.56. The van der Waals surface area contributed by atoms with E-state index in [4.69, 9.17) is 4.74 Å². The molecule has 3 aromatic carbocycles. The van der Waals surface area contributed by atoms with Crippen molar-refractivity contribution in [3.05, 3.63) is 84.4 Å². The van der Waals surface area contributed by atoms with Crippen LogP contribution in [0.3, 0.4) is 0 Å². The zero-order chi connectivity index (χ0) is 22.0. The number of benzene rings is 3. The number of methoxy groups -OCH3 is 1. The van der Waals surface area contributed by atoms with Gasteiger partial charge in [0.05, 0.1) is 23.2 Å². The van der Waals surface area contributed by atoms with Crippen molar-refractivity contribution in [3.8, 4) is 5.75 Å². The number of nitrogens with zero attached hydrogens (tertiary/aromatic N) is 1. The molecule has 4 rings (SSSR count). The molecule has 2 N–H and O–H groups in total. The van der Waals surface area contributed by atoms with Crippen molar-refractivity contribution in [2.45, 2.75) is 4.90 Å². The van der Waals surface area contributed by atoms with E-state index in [1.807, 2.05) is 24.3 Å². The van der Waals surface area contributed by atoms with E-state index in [0.29, 0.717) is 28.5 Å². The lowest BCUT2D eigenvalue weighted by Crippen LogP contribution is -2.14. The predicted molar refractivity (Wildman–Crippen MR) is 115 cm³/mol. The van der Waals surface area contributed by atoms with Gasteiger partial charge in [0, 0.05) is 23.2 Å². The summed E-state index contributed by atoms with van der Waals surface area (Å²) in [4.78, 5) is 4.00. The first-order valence-electron chi connectivity index (χ1n) is 9.14. The van der Waals surface area contributed by atoms with Gasteiger partial charge in [-0.05, 0) is 48.5 Å². The predicted octanol–water partition coefficient (Wildman–Crippen LogP) is 5.07. The van der Waals surface area contributed by atoms with Crippen LogP contribution in [0.2, 0.25) is 0 Å². The third-order valence-electron chi connectivity index (χ3n) is 4.46.